The molecule has 0 aromatic heterocycles. The zero-order valence-electron chi connectivity index (χ0n) is 10.3. The second-order valence-electron chi connectivity index (χ2n) is 5.45. The summed E-state index contributed by atoms with van der Waals surface area (Å²) in [5.41, 5.74) is 13.2. The zero-order chi connectivity index (χ0) is 12.6. The predicted octanol–water partition coefficient (Wildman–Crippen LogP) is 1.63. The summed E-state index contributed by atoms with van der Waals surface area (Å²) in [6.45, 7) is 5.14. The first-order chi connectivity index (χ1) is 7.90. The van der Waals surface area contributed by atoms with Crippen molar-refractivity contribution in [2.45, 2.75) is 20.3 Å². The molecule has 1 amide bonds. The molecule has 0 bridgehead atoms. The van der Waals surface area contributed by atoms with Gasteiger partial charge in [0.2, 0.25) is 0 Å². The first kappa shape index (κ1) is 11.8. The lowest BCUT2D eigenvalue weighted by Crippen LogP contribution is -2.27. The third kappa shape index (κ3) is 2.52. The minimum Gasteiger partial charge on any atom is -0.399 e. The number of anilines is 2. The van der Waals surface area contributed by atoms with E-state index in [1.807, 2.05) is 0 Å². The molecular weight excluding hydrogens is 214 g/mol. The van der Waals surface area contributed by atoms with Gasteiger partial charge in [0.25, 0.3) is 5.91 Å². The highest BCUT2D eigenvalue weighted by Gasteiger charge is 2.45. The van der Waals surface area contributed by atoms with Crippen molar-refractivity contribution in [1.29, 1.82) is 0 Å². The number of carbonyl (C=O) groups is 1. The minimum atomic E-state index is -0.120. The molecule has 1 fully saturated rings. The number of benzene rings is 1. The lowest BCUT2D eigenvalue weighted by atomic mass is 10.1. The van der Waals surface area contributed by atoms with Gasteiger partial charge < -0.3 is 16.8 Å². The molecule has 0 radical (unpaired) electrons. The molecule has 4 nitrogen and oxygen atoms in total. The SMILES string of the molecule is CC1(C)CC1CNC(=O)c1ccc(N)cc1N. The van der Waals surface area contributed by atoms with Crippen LogP contribution in [0.5, 0.6) is 0 Å². The number of rotatable bonds is 3. The summed E-state index contributed by atoms with van der Waals surface area (Å²) in [4.78, 5) is 11.9. The lowest BCUT2D eigenvalue weighted by Gasteiger charge is -2.09. The second-order valence-corrected chi connectivity index (χ2v) is 5.45. The molecule has 2 rings (SSSR count). The van der Waals surface area contributed by atoms with Crippen LogP contribution in [0.3, 0.4) is 0 Å². The maximum atomic E-state index is 11.9. The number of nitrogens with two attached hydrogens (primary N) is 2. The van der Waals surface area contributed by atoms with Gasteiger partial charge in [-0.15, -0.1) is 0 Å². The van der Waals surface area contributed by atoms with Crippen molar-refractivity contribution in [3.63, 3.8) is 0 Å². The number of hydrogen-bond acceptors (Lipinski definition) is 3. The maximum absolute atomic E-state index is 11.9. The van der Waals surface area contributed by atoms with Crippen LogP contribution in [-0.2, 0) is 0 Å². The van der Waals surface area contributed by atoms with Crippen LogP contribution in [-0.4, -0.2) is 12.5 Å². The summed E-state index contributed by atoms with van der Waals surface area (Å²) < 4.78 is 0. The fraction of sp³-hybridized carbons (Fsp3) is 0.462. The van der Waals surface area contributed by atoms with E-state index < -0.39 is 0 Å². The van der Waals surface area contributed by atoms with Crippen molar-refractivity contribution in [2.75, 3.05) is 18.0 Å². The Balaban J connectivity index is 1.96. The van der Waals surface area contributed by atoms with E-state index in [0.717, 1.165) is 6.54 Å². The second kappa shape index (κ2) is 3.95. The van der Waals surface area contributed by atoms with Gasteiger partial charge >= 0.3 is 0 Å². The highest BCUT2D eigenvalue weighted by Crippen LogP contribution is 2.50. The van der Waals surface area contributed by atoms with Crippen molar-refractivity contribution in [3.05, 3.63) is 23.8 Å². The predicted molar refractivity (Wildman–Crippen MR) is 69.5 cm³/mol. The Kier molecular flexibility index (Phi) is 2.73. The number of amides is 1. The number of nitrogens with one attached hydrogen (secondary N) is 1. The van der Waals surface area contributed by atoms with E-state index in [4.69, 9.17) is 11.5 Å². The van der Waals surface area contributed by atoms with Gasteiger partial charge in [-0.05, 0) is 36.0 Å². The van der Waals surface area contributed by atoms with Gasteiger partial charge in [0.15, 0.2) is 0 Å². The van der Waals surface area contributed by atoms with Crippen molar-refractivity contribution in [1.82, 2.24) is 5.32 Å². The van der Waals surface area contributed by atoms with Gasteiger partial charge in [-0.2, -0.15) is 0 Å². The van der Waals surface area contributed by atoms with Gasteiger partial charge in [0.1, 0.15) is 0 Å². The quantitative estimate of drug-likeness (QED) is 0.694. The summed E-state index contributed by atoms with van der Waals surface area (Å²) in [6.07, 6.45) is 1.17. The molecule has 0 saturated heterocycles. The summed E-state index contributed by atoms with van der Waals surface area (Å²) in [6, 6.07) is 4.96. The van der Waals surface area contributed by atoms with Gasteiger partial charge in [-0.3, -0.25) is 4.79 Å². The molecule has 5 N–H and O–H groups in total. The Morgan fingerprint density at radius 2 is 2.12 bits per heavy atom. The van der Waals surface area contributed by atoms with Crippen LogP contribution >= 0.6 is 0 Å². The standard InChI is InChI=1S/C13H19N3O/c1-13(2)6-8(13)7-16-12(17)10-4-3-9(14)5-11(10)15/h3-5,8H,6-7,14-15H2,1-2H3,(H,16,17). The average molecular weight is 233 g/mol. The number of hydrogen-bond donors (Lipinski definition) is 3. The largest absolute Gasteiger partial charge is 0.399 e. The van der Waals surface area contributed by atoms with E-state index in [9.17, 15) is 4.79 Å². The molecule has 1 atom stereocenters. The summed E-state index contributed by atoms with van der Waals surface area (Å²) in [5.74, 6) is 0.464. The molecule has 1 unspecified atom stereocenters. The van der Waals surface area contributed by atoms with Crippen molar-refractivity contribution < 1.29 is 4.79 Å². The topological polar surface area (TPSA) is 81.1 Å². The van der Waals surface area contributed by atoms with Crippen LogP contribution in [0.2, 0.25) is 0 Å². The Labute approximate surface area is 101 Å². The fourth-order valence-electron chi connectivity index (χ4n) is 2.02. The van der Waals surface area contributed by atoms with E-state index in [0.29, 0.717) is 28.3 Å². The molecule has 1 aliphatic rings. The fourth-order valence-corrected chi connectivity index (χ4v) is 2.02. The molecule has 0 aliphatic heterocycles. The van der Waals surface area contributed by atoms with Gasteiger partial charge in [0, 0.05) is 17.9 Å². The van der Waals surface area contributed by atoms with E-state index in [-0.39, 0.29) is 5.91 Å². The average Bonchev–Trinajstić information content (AvgIpc) is 2.83. The summed E-state index contributed by atoms with van der Waals surface area (Å²) in [5, 5.41) is 2.92. The van der Waals surface area contributed by atoms with Gasteiger partial charge in [0.05, 0.1) is 5.56 Å². The lowest BCUT2D eigenvalue weighted by molar-refractivity contribution is 0.0951. The van der Waals surface area contributed by atoms with Crippen LogP contribution in [0.4, 0.5) is 11.4 Å². The smallest absolute Gasteiger partial charge is 0.253 e. The van der Waals surface area contributed by atoms with E-state index in [2.05, 4.69) is 19.2 Å². The molecule has 92 valence electrons. The molecule has 0 heterocycles. The Bertz CT molecular complexity index is 454. The molecule has 17 heavy (non-hydrogen) atoms. The third-order valence-electron chi connectivity index (χ3n) is 3.55. The van der Waals surface area contributed by atoms with E-state index in [1.54, 1.807) is 18.2 Å². The van der Waals surface area contributed by atoms with Crippen LogP contribution in [0, 0.1) is 11.3 Å². The maximum Gasteiger partial charge on any atom is 0.253 e. The molecule has 1 aromatic rings. The third-order valence-corrected chi connectivity index (χ3v) is 3.55. The molecule has 1 aliphatic carbocycles. The van der Waals surface area contributed by atoms with Crippen LogP contribution < -0.4 is 16.8 Å². The Morgan fingerprint density at radius 3 is 2.65 bits per heavy atom. The number of carbonyl (C=O) groups excluding carboxylic acids is 1. The zero-order valence-corrected chi connectivity index (χ0v) is 10.3. The van der Waals surface area contributed by atoms with Gasteiger partial charge in [-0.1, -0.05) is 13.8 Å². The summed E-state index contributed by atoms with van der Waals surface area (Å²) >= 11 is 0. The van der Waals surface area contributed by atoms with Crippen LogP contribution in [0.1, 0.15) is 30.6 Å². The van der Waals surface area contributed by atoms with Gasteiger partial charge in [-0.25, -0.2) is 0 Å². The monoisotopic (exact) mass is 233 g/mol. The molecule has 1 aromatic carbocycles. The van der Waals surface area contributed by atoms with Crippen LogP contribution in [0.15, 0.2) is 18.2 Å². The molecular formula is C13H19N3O. The first-order valence-corrected chi connectivity index (χ1v) is 5.83. The highest BCUT2D eigenvalue weighted by molar-refractivity contribution is 5.99. The highest BCUT2D eigenvalue weighted by atomic mass is 16.1. The Hall–Kier alpha value is -1.71. The van der Waals surface area contributed by atoms with Crippen molar-refractivity contribution in [2.24, 2.45) is 11.3 Å². The minimum absolute atomic E-state index is 0.120. The van der Waals surface area contributed by atoms with E-state index in [1.165, 1.54) is 6.42 Å². The van der Waals surface area contributed by atoms with Crippen LogP contribution in [0.25, 0.3) is 0 Å². The molecule has 1 saturated carbocycles. The first-order valence-electron chi connectivity index (χ1n) is 5.83. The van der Waals surface area contributed by atoms with Crippen molar-refractivity contribution >= 4 is 17.3 Å². The van der Waals surface area contributed by atoms with Crippen molar-refractivity contribution in [3.8, 4) is 0 Å². The van der Waals surface area contributed by atoms with E-state index >= 15 is 0 Å². The normalized spacial score (nSPS) is 20.9. The molecule has 0 spiro atoms. The summed E-state index contributed by atoms with van der Waals surface area (Å²) in [7, 11) is 0. The Morgan fingerprint density at radius 1 is 1.47 bits per heavy atom. The molecule has 4 heteroatoms. The number of nitrogen functional groups attached to an aromatic ring is 2.